The summed E-state index contributed by atoms with van der Waals surface area (Å²) in [7, 11) is 0. The average molecular weight is 275 g/mol. The number of nitrogens with zero attached hydrogens (tertiary/aromatic N) is 1. The number of benzene rings is 1. The molecule has 0 saturated carbocycles. The summed E-state index contributed by atoms with van der Waals surface area (Å²) in [5.74, 6) is 0.792. The third kappa shape index (κ3) is 2.13. The lowest BCUT2D eigenvalue weighted by atomic mass is 9.91. The van der Waals surface area contributed by atoms with Gasteiger partial charge in [-0.2, -0.15) is 0 Å². The molecule has 1 aromatic rings. The number of ether oxygens (including phenoxy) is 2. The van der Waals surface area contributed by atoms with E-state index in [-0.39, 0.29) is 18.5 Å². The van der Waals surface area contributed by atoms with Crippen LogP contribution >= 0.6 is 0 Å². The minimum absolute atomic E-state index is 0.0282. The van der Waals surface area contributed by atoms with Gasteiger partial charge >= 0.3 is 0 Å². The molecule has 2 heterocycles. The van der Waals surface area contributed by atoms with Gasteiger partial charge in [0.1, 0.15) is 5.78 Å². The molecule has 2 aliphatic rings. The molecule has 2 aliphatic heterocycles. The molecule has 0 spiro atoms. The summed E-state index contributed by atoms with van der Waals surface area (Å²) in [5.41, 5.74) is 0.771. The number of rotatable bonds is 3. The van der Waals surface area contributed by atoms with Crippen molar-refractivity contribution < 1.29 is 19.1 Å². The van der Waals surface area contributed by atoms with Gasteiger partial charge in [0.05, 0.1) is 5.92 Å². The number of hydrogen-bond acceptors (Lipinski definition) is 4. The molecule has 1 aromatic carbocycles. The monoisotopic (exact) mass is 275 g/mol. The Balaban J connectivity index is 1.86. The van der Waals surface area contributed by atoms with Crippen molar-refractivity contribution in [2.24, 2.45) is 5.92 Å². The van der Waals surface area contributed by atoms with Crippen molar-refractivity contribution in [3.05, 3.63) is 18.2 Å². The third-order valence-electron chi connectivity index (χ3n) is 3.84. The van der Waals surface area contributed by atoms with E-state index in [1.54, 1.807) is 24.0 Å². The summed E-state index contributed by atoms with van der Waals surface area (Å²) < 4.78 is 10.6. The van der Waals surface area contributed by atoms with Crippen LogP contribution in [0.4, 0.5) is 5.69 Å². The zero-order chi connectivity index (χ0) is 14.1. The molecule has 0 radical (unpaired) electrons. The van der Waals surface area contributed by atoms with Crippen LogP contribution in [0, 0.1) is 5.92 Å². The van der Waals surface area contributed by atoms with E-state index in [0.29, 0.717) is 30.9 Å². The van der Waals surface area contributed by atoms with Gasteiger partial charge in [0.15, 0.2) is 11.5 Å². The SMILES string of the molecule is CCC(=O)[C@H]1CCCN(c2ccc3c(c2)OCO3)C1=O. The van der Waals surface area contributed by atoms with Crippen LogP contribution in [0.3, 0.4) is 0 Å². The molecule has 0 bridgehead atoms. The first-order chi connectivity index (χ1) is 9.70. The van der Waals surface area contributed by atoms with Gasteiger partial charge in [-0.3, -0.25) is 9.59 Å². The van der Waals surface area contributed by atoms with Gasteiger partial charge in [0, 0.05) is 24.7 Å². The standard InChI is InChI=1S/C15H17NO4/c1-2-12(17)11-4-3-7-16(15(11)18)10-5-6-13-14(8-10)20-9-19-13/h5-6,8,11H,2-4,7,9H2,1H3/t11-/m1/s1. The molecular weight excluding hydrogens is 258 g/mol. The zero-order valence-corrected chi connectivity index (χ0v) is 11.4. The molecule has 0 aliphatic carbocycles. The van der Waals surface area contributed by atoms with Crippen molar-refractivity contribution in [2.75, 3.05) is 18.2 Å². The number of fused-ring (bicyclic) bond motifs is 1. The first kappa shape index (κ1) is 13.0. The van der Waals surface area contributed by atoms with Crippen LogP contribution in [0.25, 0.3) is 0 Å². The highest BCUT2D eigenvalue weighted by molar-refractivity contribution is 6.09. The van der Waals surface area contributed by atoms with Crippen LogP contribution in [0.1, 0.15) is 26.2 Å². The van der Waals surface area contributed by atoms with Gasteiger partial charge in [-0.05, 0) is 25.0 Å². The van der Waals surface area contributed by atoms with E-state index in [1.165, 1.54) is 0 Å². The maximum atomic E-state index is 12.5. The largest absolute Gasteiger partial charge is 0.454 e. The Bertz CT molecular complexity index is 555. The average Bonchev–Trinajstić information content (AvgIpc) is 2.94. The summed E-state index contributed by atoms with van der Waals surface area (Å²) in [6, 6.07) is 5.44. The quantitative estimate of drug-likeness (QED) is 0.793. The Morgan fingerprint density at radius 1 is 1.35 bits per heavy atom. The molecule has 1 atom stereocenters. The van der Waals surface area contributed by atoms with Gasteiger partial charge in [-0.15, -0.1) is 0 Å². The number of amides is 1. The lowest BCUT2D eigenvalue weighted by molar-refractivity contribution is -0.133. The number of ketones is 1. The summed E-state index contributed by atoms with van der Waals surface area (Å²) in [5, 5.41) is 0. The number of carbonyl (C=O) groups is 2. The van der Waals surface area contributed by atoms with E-state index in [0.717, 1.165) is 12.1 Å². The van der Waals surface area contributed by atoms with E-state index in [9.17, 15) is 9.59 Å². The van der Waals surface area contributed by atoms with Crippen LogP contribution < -0.4 is 14.4 Å². The van der Waals surface area contributed by atoms with Crippen molar-refractivity contribution in [1.29, 1.82) is 0 Å². The van der Waals surface area contributed by atoms with E-state index in [4.69, 9.17) is 9.47 Å². The maximum Gasteiger partial charge on any atom is 0.237 e. The van der Waals surface area contributed by atoms with Crippen LogP contribution in [-0.4, -0.2) is 25.0 Å². The first-order valence-corrected chi connectivity index (χ1v) is 6.94. The van der Waals surface area contributed by atoms with Crippen molar-refractivity contribution in [1.82, 2.24) is 0 Å². The molecule has 1 amide bonds. The van der Waals surface area contributed by atoms with Crippen molar-refractivity contribution in [3.63, 3.8) is 0 Å². The second-order valence-electron chi connectivity index (χ2n) is 5.04. The fourth-order valence-corrected chi connectivity index (χ4v) is 2.73. The molecule has 0 N–H and O–H groups in total. The van der Waals surface area contributed by atoms with Crippen molar-refractivity contribution in [3.8, 4) is 11.5 Å². The molecule has 3 rings (SSSR count). The molecule has 0 unspecified atom stereocenters. The van der Waals surface area contributed by atoms with E-state index in [1.807, 2.05) is 6.07 Å². The smallest absolute Gasteiger partial charge is 0.237 e. The van der Waals surface area contributed by atoms with E-state index >= 15 is 0 Å². The Kier molecular flexibility index (Phi) is 3.34. The molecule has 5 heteroatoms. The molecule has 1 saturated heterocycles. The Morgan fingerprint density at radius 2 is 2.15 bits per heavy atom. The predicted octanol–water partition coefficient (Wildman–Crippen LogP) is 2.14. The second kappa shape index (κ2) is 5.15. The topological polar surface area (TPSA) is 55.8 Å². The summed E-state index contributed by atoms with van der Waals surface area (Å²) in [6.07, 6.45) is 1.91. The number of anilines is 1. The van der Waals surface area contributed by atoms with Gasteiger partial charge in [-0.25, -0.2) is 0 Å². The van der Waals surface area contributed by atoms with Crippen LogP contribution in [0.2, 0.25) is 0 Å². The Labute approximate surface area is 117 Å². The fourth-order valence-electron chi connectivity index (χ4n) is 2.73. The molecule has 106 valence electrons. The Morgan fingerprint density at radius 3 is 2.95 bits per heavy atom. The first-order valence-electron chi connectivity index (χ1n) is 6.94. The van der Waals surface area contributed by atoms with Crippen molar-refractivity contribution in [2.45, 2.75) is 26.2 Å². The summed E-state index contributed by atoms with van der Waals surface area (Å²) in [6.45, 7) is 2.66. The van der Waals surface area contributed by atoms with Gasteiger partial charge in [0.25, 0.3) is 0 Å². The third-order valence-corrected chi connectivity index (χ3v) is 3.84. The lowest BCUT2D eigenvalue weighted by Crippen LogP contribution is -2.44. The van der Waals surface area contributed by atoms with Crippen LogP contribution in [-0.2, 0) is 9.59 Å². The number of carbonyl (C=O) groups excluding carboxylic acids is 2. The highest BCUT2D eigenvalue weighted by Gasteiger charge is 2.34. The minimum Gasteiger partial charge on any atom is -0.454 e. The number of Topliss-reactive ketones (excluding diaryl/α,β-unsaturated/α-hetero) is 1. The maximum absolute atomic E-state index is 12.5. The van der Waals surface area contributed by atoms with E-state index < -0.39 is 5.92 Å². The van der Waals surface area contributed by atoms with E-state index in [2.05, 4.69) is 0 Å². The molecule has 20 heavy (non-hydrogen) atoms. The summed E-state index contributed by atoms with van der Waals surface area (Å²) >= 11 is 0. The predicted molar refractivity (Wildman–Crippen MR) is 72.9 cm³/mol. The zero-order valence-electron chi connectivity index (χ0n) is 11.4. The molecule has 5 nitrogen and oxygen atoms in total. The van der Waals surface area contributed by atoms with Gasteiger partial charge in [-0.1, -0.05) is 6.92 Å². The highest BCUT2D eigenvalue weighted by atomic mass is 16.7. The summed E-state index contributed by atoms with van der Waals surface area (Å²) in [4.78, 5) is 26.0. The van der Waals surface area contributed by atoms with Gasteiger partial charge < -0.3 is 14.4 Å². The van der Waals surface area contributed by atoms with Gasteiger partial charge in [0.2, 0.25) is 12.7 Å². The lowest BCUT2D eigenvalue weighted by Gasteiger charge is -2.31. The fraction of sp³-hybridized carbons (Fsp3) is 0.467. The number of hydrogen-bond donors (Lipinski definition) is 0. The highest BCUT2D eigenvalue weighted by Crippen LogP contribution is 2.36. The molecular formula is C15H17NO4. The van der Waals surface area contributed by atoms with Crippen molar-refractivity contribution >= 4 is 17.4 Å². The molecule has 1 fully saturated rings. The van der Waals surface area contributed by atoms with Crippen LogP contribution in [0.15, 0.2) is 18.2 Å². The normalized spacial score (nSPS) is 21.1. The molecule has 0 aromatic heterocycles. The Hall–Kier alpha value is -2.04. The second-order valence-corrected chi connectivity index (χ2v) is 5.04. The van der Waals surface area contributed by atoms with Crippen LogP contribution in [0.5, 0.6) is 11.5 Å². The minimum atomic E-state index is -0.487. The number of piperidine rings is 1.